The van der Waals surface area contributed by atoms with Gasteiger partial charge in [-0.05, 0) is 12.8 Å². The SMILES string of the molecule is CC(C)C(C)(O)CN1CCNCC1C(=O)O. The zero-order chi connectivity index (χ0) is 12.3. The second kappa shape index (κ2) is 5.12. The molecule has 0 amide bonds. The number of nitrogens with zero attached hydrogens (tertiary/aromatic N) is 1. The van der Waals surface area contributed by atoms with Crippen molar-refractivity contribution in [2.24, 2.45) is 5.92 Å². The summed E-state index contributed by atoms with van der Waals surface area (Å²) in [6.07, 6.45) is 0. The molecule has 0 aromatic rings. The van der Waals surface area contributed by atoms with E-state index < -0.39 is 17.6 Å². The van der Waals surface area contributed by atoms with Crippen LogP contribution in [0.1, 0.15) is 20.8 Å². The van der Waals surface area contributed by atoms with Crippen molar-refractivity contribution in [3.05, 3.63) is 0 Å². The predicted octanol–water partition coefficient (Wildman–Crippen LogP) is -0.248. The van der Waals surface area contributed by atoms with Crippen LogP contribution in [0.5, 0.6) is 0 Å². The van der Waals surface area contributed by atoms with Crippen LogP contribution in [0.3, 0.4) is 0 Å². The van der Waals surface area contributed by atoms with Crippen molar-refractivity contribution in [2.75, 3.05) is 26.2 Å². The summed E-state index contributed by atoms with van der Waals surface area (Å²) in [6.45, 7) is 7.94. The first-order valence-electron chi connectivity index (χ1n) is 5.74. The summed E-state index contributed by atoms with van der Waals surface area (Å²) in [5.41, 5.74) is -0.842. The molecule has 16 heavy (non-hydrogen) atoms. The molecule has 1 saturated heterocycles. The van der Waals surface area contributed by atoms with E-state index in [0.717, 1.165) is 6.54 Å². The Bertz CT molecular complexity index is 254. The molecule has 2 unspecified atom stereocenters. The molecule has 0 aliphatic carbocycles. The molecule has 5 heteroatoms. The van der Waals surface area contributed by atoms with Gasteiger partial charge in [0.15, 0.2) is 0 Å². The highest BCUT2D eigenvalue weighted by Gasteiger charge is 2.35. The van der Waals surface area contributed by atoms with E-state index in [-0.39, 0.29) is 5.92 Å². The van der Waals surface area contributed by atoms with Gasteiger partial charge in [0.1, 0.15) is 6.04 Å². The van der Waals surface area contributed by atoms with Crippen LogP contribution in [0.2, 0.25) is 0 Å². The molecule has 0 spiro atoms. The Kier molecular flexibility index (Phi) is 4.29. The lowest BCUT2D eigenvalue weighted by Crippen LogP contribution is -2.59. The Morgan fingerprint density at radius 1 is 1.62 bits per heavy atom. The van der Waals surface area contributed by atoms with Crippen LogP contribution in [0.15, 0.2) is 0 Å². The van der Waals surface area contributed by atoms with E-state index >= 15 is 0 Å². The standard InChI is InChI=1S/C11H22N2O3/c1-8(2)11(3,16)7-13-5-4-12-6-9(13)10(14)15/h8-9,12,16H,4-7H2,1-3H3,(H,14,15). The highest BCUT2D eigenvalue weighted by atomic mass is 16.4. The summed E-state index contributed by atoms with van der Waals surface area (Å²) >= 11 is 0. The van der Waals surface area contributed by atoms with Crippen molar-refractivity contribution >= 4 is 5.97 Å². The van der Waals surface area contributed by atoms with Gasteiger partial charge in [0, 0.05) is 26.2 Å². The van der Waals surface area contributed by atoms with Crippen molar-refractivity contribution < 1.29 is 15.0 Å². The maximum Gasteiger partial charge on any atom is 0.322 e. The minimum Gasteiger partial charge on any atom is -0.480 e. The van der Waals surface area contributed by atoms with Crippen molar-refractivity contribution in [3.63, 3.8) is 0 Å². The Morgan fingerprint density at radius 3 is 2.75 bits per heavy atom. The summed E-state index contributed by atoms with van der Waals surface area (Å²) in [7, 11) is 0. The second-order valence-electron chi connectivity index (χ2n) is 5.04. The summed E-state index contributed by atoms with van der Waals surface area (Å²) in [4.78, 5) is 12.9. The third kappa shape index (κ3) is 3.17. The minimum atomic E-state index is -0.842. The number of rotatable bonds is 4. The third-order valence-corrected chi connectivity index (χ3v) is 3.41. The molecule has 94 valence electrons. The first kappa shape index (κ1) is 13.4. The van der Waals surface area contributed by atoms with Crippen LogP contribution in [-0.4, -0.2) is 58.9 Å². The number of aliphatic carboxylic acids is 1. The molecule has 0 aromatic heterocycles. The van der Waals surface area contributed by atoms with Crippen molar-refractivity contribution in [1.29, 1.82) is 0 Å². The maximum absolute atomic E-state index is 11.1. The lowest BCUT2D eigenvalue weighted by atomic mass is 9.91. The quantitative estimate of drug-likeness (QED) is 0.621. The van der Waals surface area contributed by atoms with Crippen molar-refractivity contribution in [3.8, 4) is 0 Å². The molecule has 1 rings (SSSR count). The summed E-state index contributed by atoms with van der Waals surface area (Å²) in [6, 6.07) is -0.529. The van der Waals surface area contributed by atoms with Gasteiger partial charge in [0.25, 0.3) is 0 Å². The van der Waals surface area contributed by atoms with Crippen molar-refractivity contribution in [1.82, 2.24) is 10.2 Å². The van der Waals surface area contributed by atoms with E-state index in [0.29, 0.717) is 19.6 Å². The zero-order valence-corrected chi connectivity index (χ0v) is 10.2. The normalized spacial score (nSPS) is 26.7. The summed E-state index contributed by atoms with van der Waals surface area (Å²) in [5, 5.41) is 22.3. The van der Waals surface area contributed by atoms with E-state index in [1.807, 2.05) is 18.7 Å². The average Bonchev–Trinajstić information content (AvgIpc) is 2.17. The van der Waals surface area contributed by atoms with Crippen LogP contribution in [0.25, 0.3) is 0 Å². The van der Waals surface area contributed by atoms with Gasteiger partial charge in [0.05, 0.1) is 5.60 Å². The van der Waals surface area contributed by atoms with E-state index in [1.54, 1.807) is 6.92 Å². The molecule has 0 aromatic carbocycles. The van der Waals surface area contributed by atoms with Crippen LogP contribution < -0.4 is 5.32 Å². The van der Waals surface area contributed by atoms with Crippen LogP contribution >= 0.6 is 0 Å². The van der Waals surface area contributed by atoms with Gasteiger partial charge in [-0.1, -0.05) is 13.8 Å². The van der Waals surface area contributed by atoms with Gasteiger partial charge in [0.2, 0.25) is 0 Å². The Balaban J connectivity index is 2.66. The zero-order valence-electron chi connectivity index (χ0n) is 10.2. The van der Waals surface area contributed by atoms with E-state index in [1.165, 1.54) is 0 Å². The molecule has 5 nitrogen and oxygen atoms in total. The second-order valence-corrected chi connectivity index (χ2v) is 5.04. The number of carboxylic acids is 1. The Hall–Kier alpha value is -0.650. The molecule has 2 atom stereocenters. The Labute approximate surface area is 96.4 Å². The Morgan fingerprint density at radius 2 is 2.25 bits per heavy atom. The largest absolute Gasteiger partial charge is 0.480 e. The molecule has 0 bridgehead atoms. The minimum absolute atomic E-state index is 0.108. The number of nitrogens with one attached hydrogen (secondary N) is 1. The number of hydrogen-bond acceptors (Lipinski definition) is 4. The van der Waals surface area contributed by atoms with E-state index in [9.17, 15) is 9.90 Å². The number of aliphatic hydroxyl groups is 1. The summed E-state index contributed by atoms with van der Waals surface area (Å²) < 4.78 is 0. The average molecular weight is 230 g/mol. The number of carbonyl (C=O) groups is 1. The van der Waals surface area contributed by atoms with E-state index in [2.05, 4.69) is 5.32 Å². The fourth-order valence-corrected chi connectivity index (χ4v) is 1.77. The molecule has 0 radical (unpaired) electrons. The van der Waals surface area contributed by atoms with Gasteiger partial charge in [-0.25, -0.2) is 0 Å². The number of β-amino-alcohol motifs (C(OH)–C–C–N with tert-alkyl or cyclic N) is 1. The number of piperazine rings is 1. The first-order chi connectivity index (χ1) is 7.34. The molecule has 1 aliphatic heterocycles. The topological polar surface area (TPSA) is 72.8 Å². The van der Waals surface area contributed by atoms with Crippen LogP contribution in [-0.2, 0) is 4.79 Å². The lowest BCUT2D eigenvalue weighted by molar-refractivity contribution is -0.145. The number of hydrogen-bond donors (Lipinski definition) is 3. The molecule has 0 saturated carbocycles. The fraction of sp³-hybridized carbons (Fsp3) is 0.909. The van der Waals surface area contributed by atoms with Gasteiger partial charge in [-0.3, -0.25) is 9.69 Å². The molecule has 3 N–H and O–H groups in total. The highest BCUT2D eigenvalue weighted by molar-refractivity contribution is 5.74. The van der Waals surface area contributed by atoms with Gasteiger partial charge < -0.3 is 15.5 Å². The maximum atomic E-state index is 11.1. The molecular weight excluding hydrogens is 208 g/mol. The lowest BCUT2D eigenvalue weighted by Gasteiger charge is -2.39. The smallest absolute Gasteiger partial charge is 0.322 e. The predicted molar refractivity (Wildman–Crippen MR) is 61.3 cm³/mol. The van der Waals surface area contributed by atoms with E-state index in [4.69, 9.17) is 5.11 Å². The molecule has 1 aliphatic rings. The van der Waals surface area contributed by atoms with Gasteiger partial charge in [-0.15, -0.1) is 0 Å². The molecular formula is C11H22N2O3. The van der Waals surface area contributed by atoms with Gasteiger partial charge >= 0.3 is 5.97 Å². The van der Waals surface area contributed by atoms with Crippen molar-refractivity contribution in [2.45, 2.75) is 32.4 Å². The van der Waals surface area contributed by atoms with Crippen LogP contribution in [0.4, 0.5) is 0 Å². The molecule has 1 fully saturated rings. The third-order valence-electron chi connectivity index (χ3n) is 3.41. The number of carboxylic acid groups (broad SMARTS) is 1. The molecule has 1 heterocycles. The first-order valence-corrected chi connectivity index (χ1v) is 5.74. The summed E-state index contributed by atoms with van der Waals surface area (Å²) in [5.74, 6) is -0.719. The highest BCUT2D eigenvalue weighted by Crippen LogP contribution is 2.19. The monoisotopic (exact) mass is 230 g/mol. The fourth-order valence-electron chi connectivity index (χ4n) is 1.77. The van der Waals surface area contributed by atoms with Gasteiger partial charge in [-0.2, -0.15) is 0 Å². The van der Waals surface area contributed by atoms with Crippen LogP contribution in [0, 0.1) is 5.92 Å².